The Morgan fingerprint density at radius 3 is 2.66 bits per heavy atom. The maximum atomic E-state index is 9.65. The number of aromatic nitrogens is 2. The van der Waals surface area contributed by atoms with E-state index in [-0.39, 0.29) is 0 Å². The summed E-state index contributed by atoms with van der Waals surface area (Å²) in [5.74, 6) is 0.530. The van der Waals surface area contributed by atoms with Crippen LogP contribution in [0.1, 0.15) is 5.56 Å². The number of hydrogen-bond donors (Lipinski definition) is 2. The molecule has 35 heavy (non-hydrogen) atoms. The summed E-state index contributed by atoms with van der Waals surface area (Å²) in [4.78, 5) is 10.9. The maximum absolute atomic E-state index is 9.65. The molecule has 2 aromatic heterocycles. The second kappa shape index (κ2) is 9.84. The second-order valence-electron chi connectivity index (χ2n) is 7.50. The van der Waals surface area contributed by atoms with E-state index in [9.17, 15) is 5.26 Å². The van der Waals surface area contributed by atoms with Crippen molar-refractivity contribution in [2.24, 2.45) is 0 Å². The Labute approximate surface area is 215 Å². The first-order valence-electron chi connectivity index (χ1n) is 10.5. The van der Waals surface area contributed by atoms with Gasteiger partial charge >= 0.3 is 0 Å². The fourth-order valence-electron chi connectivity index (χ4n) is 3.57. The summed E-state index contributed by atoms with van der Waals surface area (Å²) in [5.41, 5.74) is 10.1. The molecule has 0 radical (unpaired) electrons. The van der Waals surface area contributed by atoms with E-state index in [0.717, 1.165) is 25.4 Å². The molecule has 3 aromatic carbocycles. The zero-order valence-electron chi connectivity index (χ0n) is 18.4. The summed E-state index contributed by atoms with van der Waals surface area (Å²) in [6, 6.07) is 21.5. The smallest absolute Gasteiger partial charge is 0.155 e. The number of benzene rings is 3. The largest absolute Gasteiger partial charge is 0.495 e. The number of ether oxygens (including phenoxy) is 1. The molecule has 6 nitrogen and oxygen atoms in total. The van der Waals surface area contributed by atoms with Crippen molar-refractivity contribution in [3.8, 4) is 22.3 Å². The first kappa shape index (κ1) is 23.0. The number of methoxy groups -OCH3 is 1. The highest BCUT2D eigenvalue weighted by atomic mass is 35.5. The Hall–Kier alpha value is -3.77. The summed E-state index contributed by atoms with van der Waals surface area (Å²) in [6.45, 7) is 0. The van der Waals surface area contributed by atoms with Crippen molar-refractivity contribution >= 4 is 62.7 Å². The van der Waals surface area contributed by atoms with Crippen molar-refractivity contribution in [1.29, 1.82) is 5.26 Å². The number of pyridine rings is 1. The van der Waals surface area contributed by atoms with Gasteiger partial charge < -0.3 is 15.8 Å². The Balaban J connectivity index is 1.42. The van der Waals surface area contributed by atoms with Crippen molar-refractivity contribution in [3.63, 3.8) is 0 Å². The average molecular weight is 516 g/mol. The van der Waals surface area contributed by atoms with Gasteiger partial charge in [-0.05, 0) is 29.8 Å². The molecule has 0 amide bonds. The highest BCUT2D eigenvalue weighted by Crippen LogP contribution is 2.40. The van der Waals surface area contributed by atoms with E-state index in [1.54, 1.807) is 30.6 Å². The standard InChI is InChI=1S/C26H18ClN5OS2/c1-33-22-11-21-18(10-20(22)29)25(16(12-28)13-30-21)32-17-7-8-23(19(27)9-17)34-26-31-14-24(35-26)15-5-3-2-4-6-15/h2-11,13-14H,29H2,1H3,(H,30,32). The molecule has 0 saturated carbocycles. The van der Waals surface area contributed by atoms with Crippen molar-refractivity contribution in [3.05, 3.63) is 83.6 Å². The first-order chi connectivity index (χ1) is 17.1. The van der Waals surface area contributed by atoms with Crippen molar-refractivity contribution in [2.45, 2.75) is 9.24 Å². The van der Waals surface area contributed by atoms with Gasteiger partial charge in [0.15, 0.2) is 4.34 Å². The van der Waals surface area contributed by atoms with Gasteiger partial charge in [-0.3, -0.25) is 4.98 Å². The van der Waals surface area contributed by atoms with Crippen LogP contribution in [0.2, 0.25) is 5.02 Å². The molecule has 0 aliphatic carbocycles. The summed E-state index contributed by atoms with van der Waals surface area (Å²) >= 11 is 9.76. The van der Waals surface area contributed by atoms with Crippen LogP contribution in [0.15, 0.2) is 82.3 Å². The van der Waals surface area contributed by atoms with Crippen LogP contribution >= 0.6 is 34.7 Å². The monoisotopic (exact) mass is 515 g/mol. The number of rotatable bonds is 6. The number of halogens is 1. The third-order valence-corrected chi connectivity index (χ3v) is 7.90. The zero-order valence-corrected chi connectivity index (χ0v) is 20.8. The molecule has 0 saturated heterocycles. The van der Waals surface area contributed by atoms with Crippen LogP contribution in [0, 0.1) is 11.3 Å². The molecule has 172 valence electrons. The maximum Gasteiger partial charge on any atom is 0.155 e. The Bertz CT molecular complexity index is 1580. The minimum Gasteiger partial charge on any atom is -0.495 e. The highest BCUT2D eigenvalue weighted by Gasteiger charge is 2.14. The minimum atomic E-state index is 0.396. The van der Waals surface area contributed by atoms with Crippen LogP contribution in [-0.4, -0.2) is 17.1 Å². The predicted molar refractivity (Wildman–Crippen MR) is 144 cm³/mol. The van der Waals surface area contributed by atoms with Crippen molar-refractivity contribution in [2.75, 3.05) is 18.2 Å². The molecule has 5 rings (SSSR count). The number of anilines is 3. The molecule has 3 N–H and O–H groups in total. The number of nitrogens with one attached hydrogen (secondary N) is 1. The fraction of sp³-hybridized carbons (Fsp3) is 0.0385. The Morgan fingerprint density at radius 2 is 1.91 bits per heavy atom. The number of fused-ring (bicyclic) bond motifs is 1. The van der Waals surface area contributed by atoms with Crippen LogP contribution in [0.5, 0.6) is 5.75 Å². The summed E-state index contributed by atoms with van der Waals surface area (Å²) < 4.78 is 6.20. The number of nitrogen functional groups attached to an aromatic ring is 1. The van der Waals surface area contributed by atoms with Gasteiger partial charge in [-0.15, -0.1) is 11.3 Å². The lowest BCUT2D eigenvalue weighted by atomic mass is 10.1. The molecule has 5 aromatic rings. The molecule has 2 heterocycles. The Morgan fingerprint density at radius 1 is 1.09 bits per heavy atom. The normalized spacial score (nSPS) is 10.8. The number of thiazole rings is 1. The molecular weight excluding hydrogens is 498 g/mol. The van der Waals surface area contributed by atoms with Crippen LogP contribution in [0.25, 0.3) is 21.3 Å². The van der Waals surface area contributed by atoms with Gasteiger partial charge in [0.2, 0.25) is 0 Å². The van der Waals surface area contributed by atoms with Gasteiger partial charge in [-0.2, -0.15) is 5.26 Å². The van der Waals surface area contributed by atoms with E-state index in [4.69, 9.17) is 22.1 Å². The molecular formula is C26H18ClN5OS2. The van der Waals surface area contributed by atoms with Gasteiger partial charge in [0.25, 0.3) is 0 Å². The zero-order chi connectivity index (χ0) is 24.4. The van der Waals surface area contributed by atoms with Gasteiger partial charge in [0.1, 0.15) is 11.8 Å². The third-order valence-electron chi connectivity index (χ3n) is 5.28. The topological polar surface area (TPSA) is 96.8 Å². The molecule has 0 atom stereocenters. The number of nitrogens with zero attached hydrogens (tertiary/aromatic N) is 3. The molecule has 0 fully saturated rings. The van der Waals surface area contributed by atoms with E-state index >= 15 is 0 Å². The molecule has 0 aliphatic heterocycles. The van der Waals surface area contributed by atoms with Crippen molar-refractivity contribution in [1.82, 2.24) is 9.97 Å². The third kappa shape index (κ3) is 4.75. The van der Waals surface area contributed by atoms with Crippen LogP contribution in [0.3, 0.4) is 0 Å². The Kier molecular flexibility index (Phi) is 6.47. The summed E-state index contributed by atoms with van der Waals surface area (Å²) in [7, 11) is 1.55. The lowest BCUT2D eigenvalue weighted by molar-refractivity contribution is 0.417. The summed E-state index contributed by atoms with van der Waals surface area (Å²) in [6.07, 6.45) is 3.41. The van der Waals surface area contributed by atoms with Gasteiger partial charge in [0, 0.05) is 34.4 Å². The number of nitriles is 1. The SMILES string of the molecule is COc1cc2ncc(C#N)c(Nc3ccc(Sc4ncc(-c5ccccc5)s4)c(Cl)c3)c2cc1N. The van der Waals surface area contributed by atoms with E-state index in [0.29, 0.717) is 38.6 Å². The first-order valence-corrected chi connectivity index (χ1v) is 12.5. The van der Waals surface area contributed by atoms with Crippen LogP contribution < -0.4 is 15.8 Å². The van der Waals surface area contributed by atoms with Crippen LogP contribution in [0.4, 0.5) is 17.1 Å². The van der Waals surface area contributed by atoms with E-state index < -0.39 is 0 Å². The van der Waals surface area contributed by atoms with Crippen molar-refractivity contribution < 1.29 is 4.74 Å². The predicted octanol–water partition coefficient (Wildman–Crippen LogP) is 7.37. The number of hydrogen-bond acceptors (Lipinski definition) is 8. The lowest BCUT2D eigenvalue weighted by Gasteiger charge is -2.14. The van der Waals surface area contributed by atoms with Gasteiger partial charge in [-0.1, -0.05) is 53.7 Å². The minimum absolute atomic E-state index is 0.396. The number of nitrogens with two attached hydrogens (primary N) is 1. The molecule has 0 unspecified atom stereocenters. The van der Waals surface area contributed by atoms with Crippen LogP contribution in [-0.2, 0) is 0 Å². The quantitative estimate of drug-likeness (QED) is 0.228. The van der Waals surface area contributed by atoms with E-state index in [1.807, 2.05) is 42.6 Å². The molecule has 0 bridgehead atoms. The molecule has 0 spiro atoms. The lowest BCUT2D eigenvalue weighted by Crippen LogP contribution is -1.99. The molecule has 9 heteroatoms. The summed E-state index contributed by atoms with van der Waals surface area (Å²) in [5, 5.41) is 14.3. The fourth-order valence-corrected chi connectivity index (χ4v) is 5.81. The molecule has 0 aliphatic rings. The van der Waals surface area contributed by atoms with Gasteiger partial charge in [0.05, 0.1) is 39.5 Å². The average Bonchev–Trinajstić information content (AvgIpc) is 3.35. The van der Waals surface area contributed by atoms with E-state index in [2.05, 4.69) is 33.5 Å². The highest BCUT2D eigenvalue weighted by molar-refractivity contribution is 8.01. The van der Waals surface area contributed by atoms with E-state index in [1.165, 1.54) is 18.0 Å². The van der Waals surface area contributed by atoms with Gasteiger partial charge in [-0.25, -0.2) is 4.98 Å². The second-order valence-corrected chi connectivity index (χ2v) is 10.2.